The molecule has 1 atom stereocenters. The van der Waals surface area contributed by atoms with E-state index in [2.05, 4.69) is 5.32 Å². The van der Waals surface area contributed by atoms with Gasteiger partial charge in [-0.1, -0.05) is 0 Å². The van der Waals surface area contributed by atoms with Gasteiger partial charge in [-0.25, -0.2) is 0 Å². The first-order valence-corrected chi connectivity index (χ1v) is 10.7. The summed E-state index contributed by atoms with van der Waals surface area (Å²) >= 11 is -3.12. The summed E-state index contributed by atoms with van der Waals surface area (Å²) in [6.45, 7) is 1.15. The maximum atomic E-state index is 14.1. The summed E-state index contributed by atoms with van der Waals surface area (Å²) in [5.41, 5.74) is -0.0927. The summed E-state index contributed by atoms with van der Waals surface area (Å²) in [5, 5.41) is 11.4. The molecule has 0 bridgehead atoms. The Balaban J connectivity index is 2.71. The van der Waals surface area contributed by atoms with Crippen molar-refractivity contribution in [3.63, 3.8) is 0 Å². The molecule has 6 nitrogen and oxygen atoms in total. The van der Waals surface area contributed by atoms with Gasteiger partial charge in [0.2, 0.25) is 0 Å². The Kier molecular flexibility index (Phi) is 4.44. The second kappa shape index (κ2) is 5.81. The molecule has 1 aliphatic rings. The molecule has 0 radical (unpaired) electrons. The number of ether oxygens (including phenoxy) is 1. The van der Waals surface area contributed by atoms with Crippen LogP contribution < -0.4 is 17.0 Å². The second-order valence-corrected chi connectivity index (χ2v) is 10.6. The average molecular weight is 497 g/mol. The Morgan fingerprint density at radius 3 is 2.52 bits per heavy atom. The standard InChI is InChI=1S/C12H13AtF2N2O4/c1-4(18)17-10-7-5(3-6(12(19)20)13(7)16)11(21-2)9(15)8(10)14/h6H,3,16H2,1-2H3,(H,17,18)(H,19,20). The minimum absolute atomic E-state index is 0.0161. The first kappa shape index (κ1) is 16.0. The quantitative estimate of drug-likeness (QED) is 0.565. The van der Waals surface area contributed by atoms with Crippen LogP contribution in [0.1, 0.15) is 12.5 Å². The number of hydrogen-bond acceptors (Lipinski definition) is 4. The van der Waals surface area contributed by atoms with Crippen LogP contribution in [-0.2, 0) is 16.0 Å². The van der Waals surface area contributed by atoms with Crippen LogP contribution in [0.3, 0.4) is 0 Å². The number of nitrogens with two attached hydrogens (primary N) is 1. The summed E-state index contributed by atoms with van der Waals surface area (Å²) < 4.78 is 38.4. The van der Waals surface area contributed by atoms with E-state index in [1.165, 1.54) is 7.11 Å². The number of amides is 1. The number of anilines is 1. The van der Waals surface area contributed by atoms with Crippen molar-refractivity contribution in [2.24, 2.45) is 3.68 Å². The zero-order valence-corrected chi connectivity index (χ0v) is 14.1. The van der Waals surface area contributed by atoms with Crippen molar-refractivity contribution in [3.05, 3.63) is 17.2 Å². The summed E-state index contributed by atoms with van der Waals surface area (Å²) in [6.07, 6.45) is -0.0161. The van der Waals surface area contributed by atoms with Crippen LogP contribution in [0.4, 0.5) is 14.5 Å². The predicted octanol–water partition coefficient (Wildman–Crippen LogP) is 0.481. The molecule has 116 valence electrons. The molecule has 1 amide bonds. The van der Waals surface area contributed by atoms with Crippen LogP contribution in [0.5, 0.6) is 5.75 Å². The van der Waals surface area contributed by atoms with Crippen LogP contribution in [0.25, 0.3) is 0 Å². The van der Waals surface area contributed by atoms with Crippen LogP contribution >= 0.6 is 0 Å². The van der Waals surface area contributed by atoms with Gasteiger partial charge in [0, 0.05) is 0 Å². The van der Waals surface area contributed by atoms with Gasteiger partial charge in [0.05, 0.1) is 0 Å². The topological polar surface area (TPSA) is 102 Å². The maximum absolute atomic E-state index is 14.1. The number of aliphatic carboxylic acids is 1. The normalized spacial score (nSPS) is 18.3. The number of carbonyl (C=O) groups is 2. The molecule has 4 N–H and O–H groups in total. The third-order valence-corrected chi connectivity index (χ3v) is 9.88. The minimum atomic E-state index is -3.12. The first-order valence-electron chi connectivity index (χ1n) is 5.80. The molecule has 1 aromatic rings. The van der Waals surface area contributed by atoms with Gasteiger partial charge in [-0.3, -0.25) is 0 Å². The van der Waals surface area contributed by atoms with Gasteiger partial charge in [-0.05, 0) is 0 Å². The van der Waals surface area contributed by atoms with Crippen molar-refractivity contribution in [3.8, 4) is 5.75 Å². The van der Waals surface area contributed by atoms with Gasteiger partial charge in [0.15, 0.2) is 0 Å². The van der Waals surface area contributed by atoms with Gasteiger partial charge >= 0.3 is 127 Å². The van der Waals surface area contributed by atoms with Crippen molar-refractivity contribution < 1.29 is 50.3 Å². The van der Waals surface area contributed by atoms with E-state index < -0.39 is 49.2 Å². The molecule has 1 unspecified atom stereocenters. The second-order valence-electron chi connectivity index (χ2n) is 4.36. The fourth-order valence-electron chi connectivity index (χ4n) is 2.19. The van der Waals surface area contributed by atoms with E-state index in [1.807, 2.05) is 0 Å². The number of fused-ring (bicyclic) bond motifs is 1. The molecule has 0 aliphatic carbocycles. The zero-order valence-electron chi connectivity index (χ0n) is 11.2. The molecule has 0 saturated carbocycles. The predicted molar refractivity (Wildman–Crippen MR) is 66.1 cm³/mol. The number of carbonyl (C=O) groups excluding carboxylic acids is 1. The number of methoxy groups -OCH3 is 1. The zero-order chi connectivity index (χ0) is 15.9. The molecular formula is C12H13AtF2N2O4. The number of nitrogens with one attached hydrogen (secondary N) is 1. The first-order chi connectivity index (χ1) is 9.79. The number of carboxylic acid groups (broad SMARTS) is 1. The SMILES string of the molecule is COc1c(F)c(F)c(NC(C)=O)c2c1CC(C(=O)O)[At]2N. The summed E-state index contributed by atoms with van der Waals surface area (Å²) in [5.74, 6) is -4.55. The van der Waals surface area contributed by atoms with E-state index in [-0.39, 0.29) is 26.7 Å². The van der Waals surface area contributed by atoms with Crippen LogP contribution in [0.15, 0.2) is 0 Å². The molecule has 0 aromatic heterocycles. The number of carboxylic acids is 1. The van der Waals surface area contributed by atoms with E-state index in [0.29, 0.717) is 0 Å². The molecule has 1 heterocycles. The summed E-state index contributed by atoms with van der Waals surface area (Å²) in [4.78, 5) is 22.4. The Bertz CT molecular complexity index is 638. The molecule has 1 aliphatic heterocycles. The average Bonchev–Trinajstić information content (AvgIpc) is 2.73. The molecule has 0 fully saturated rings. The Morgan fingerprint density at radius 2 is 2.05 bits per heavy atom. The van der Waals surface area contributed by atoms with Crippen molar-refractivity contribution in [2.45, 2.75) is 17.0 Å². The number of halogens is 2. The summed E-state index contributed by atoms with van der Waals surface area (Å²) in [6, 6.07) is 0. The Morgan fingerprint density at radius 1 is 1.43 bits per heavy atom. The van der Waals surface area contributed by atoms with E-state index in [0.717, 1.165) is 6.92 Å². The van der Waals surface area contributed by atoms with Crippen molar-refractivity contribution >= 4 is 20.8 Å². The third kappa shape index (κ3) is 2.60. The van der Waals surface area contributed by atoms with Crippen molar-refractivity contribution in [1.82, 2.24) is 0 Å². The van der Waals surface area contributed by atoms with Gasteiger partial charge in [-0.15, -0.1) is 0 Å². The molecular weight excluding hydrogens is 484 g/mol. The number of benzene rings is 1. The van der Waals surface area contributed by atoms with Gasteiger partial charge in [0.25, 0.3) is 0 Å². The van der Waals surface area contributed by atoms with Crippen LogP contribution in [0, 0.1) is 33.7 Å². The number of hydrogen-bond donors (Lipinski definition) is 3. The molecule has 0 spiro atoms. The molecule has 21 heavy (non-hydrogen) atoms. The van der Waals surface area contributed by atoms with E-state index in [4.69, 9.17) is 8.41 Å². The Labute approximate surface area is 127 Å². The fraction of sp³-hybridized carbons (Fsp3) is 0.333. The van der Waals surface area contributed by atoms with E-state index >= 15 is 0 Å². The van der Waals surface area contributed by atoms with Gasteiger partial charge in [0.1, 0.15) is 0 Å². The molecule has 0 saturated heterocycles. The van der Waals surface area contributed by atoms with Crippen molar-refractivity contribution in [2.75, 3.05) is 12.4 Å². The Hall–Kier alpha value is -1.34. The monoisotopic (exact) mass is 497 g/mol. The molecule has 2 rings (SSSR count). The molecule has 9 heteroatoms. The van der Waals surface area contributed by atoms with Gasteiger partial charge < -0.3 is 0 Å². The third-order valence-electron chi connectivity index (χ3n) is 3.03. The fourth-order valence-corrected chi connectivity index (χ4v) is 8.26. The molecule has 1 aromatic carbocycles. The van der Waals surface area contributed by atoms with Crippen LogP contribution in [-0.4, -0.2) is 24.1 Å². The van der Waals surface area contributed by atoms with Gasteiger partial charge in [-0.2, -0.15) is 0 Å². The van der Waals surface area contributed by atoms with Crippen molar-refractivity contribution in [1.29, 1.82) is 0 Å². The number of rotatable bonds is 3. The van der Waals surface area contributed by atoms with Crippen LogP contribution in [0.2, 0.25) is 3.63 Å². The van der Waals surface area contributed by atoms with E-state index in [9.17, 15) is 23.5 Å². The summed E-state index contributed by atoms with van der Waals surface area (Å²) in [7, 11) is 1.17. The van der Waals surface area contributed by atoms with E-state index in [1.54, 1.807) is 0 Å².